The van der Waals surface area contributed by atoms with Gasteiger partial charge < -0.3 is 31.3 Å². The Balaban J connectivity index is 1.49. The van der Waals surface area contributed by atoms with Gasteiger partial charge >= 0.3 is 0 Å². The minimum atomic E-state index is -2.90. The SMILES string of the molecule is CC(C)[C@H]1C(O)[C@@H](C(N)=O)C(=O)[C@]2(O)C(O)[C@H]3C(=O)c4c(ccc(CN5C(=O)c6ccccc6C5=O)c4O)[C@@H](C)[C@]3(C)[C@@H](O)[C@]12C. The summed E-state index contributed by atoms with van der Waals surface area (Å²) >= 11 is 0. The van der Waals surface area contributed by atoms with Gasteiger partial charge in [-0.05, 0) is 35.4 Å². The van der Waals surface area contributed by atoms with Crippen molar-refractivity contribution in [3.05, 3.63) is 64.2 Å². The maximum absolute atomic E-state index is 14.5. The van der Waals surface area contributed by atoms with Crippen LogP contribution in [-0.2, 0) is 16.1 Å². The largest absolute Gasteiger partial charge is 0.507 e. The van der Waals surface area contributed by atoms with Crippen molar-refractivity contribution in [3.8, 4) is 5.75 Å². The Bertz CT molecular complexity index is 1700. The summed E-state index contributed by atoms with van der Waals surface area (Å²) in [4.78, 5) is 67.8. The Hall–Kier alpha value is -3.97. The summed E-state index contributed by atoms with van der Waals surface area (Å²) in [6, 6.07) is 9.31. The summed E-state index contributed by atoms with van der Waals surface area (Å²) in [5.41, 5.74) is -0.336. The molecule has 0 saturated heterocycles. The third kappa shape index (κ3) is 3.55. The average molecular weight is 635 g/mol. The lowest BCUT2D eigenvalue weighted by molar-refractivity contribution is -0.306. The van der Waals surface area contributed by atoms with Crippen molar-refractivity contribution in [1.82, 2.24) is 4.90 Å². The predicted octanol–water partition coefficient (Wildman–Crippen LogP) is 0.901. The van der Waals surface area contributed by atoms with Crippen LogP contribution in [0.5, 0.6) is 5.75 Å². The molecule has 0 aromatic heterocycles. The topological polar surface area (TPSA) is 216 Å². The highest BCUT2D eigenvalue weighted by Crippen LogP contribution is 2.68. The molecule has 2 saturated carbocycles. The fraction of sp³-hybridized carbons (Fsp3) is 0.500. The fourth-order valence-electron chi connectivity index (χ4n) is 9.48. The molecule has 2 aromatic rings. The van der Waals surface area contributed by atoms with Gasteiger partial charge in [0.25, 0.3) is 11.8 Å². The molecular weight excluding hydrogens is 596 g/mol. The van der Waals surface area contributed by atoms with Gasteiger partial charge in [0.05, 0.1) is 41.4 Å². The molecule has 2 fully saturated rings. The highest BCUT2D eigenvalue weighted by atomic mass is 16.4. The molecule has 1 heterocycles. The molecule has 0 bridgehead atoms. The molecule has 0 radical (unpaired) electrons. The van der Waals surface area contributed by atoms with Gasteiger partial charge in [0.2, 0.25) is 5.91 Å². The smallest absolute Gasteiger partial charge is 0.261 e. The number of amides is 3. The maximum atomic E-state index is 14.5. The molecule has 3 amide bonds. The number of nitrogens with zero attached hydrogens (tertiary/aromatic N) is 1. The van der Waals surface area contributed by atoms with Crippen LogP contribution < -0.4 is 5.73 Å². The zero-order valence-corrected chi connectivity index (χ0v) is 26.1. The third-order valence-electron chi connectivity index (χ3n) is 11.9. The number of benzene rings is 2. The highest BCUT2D eigenvalue weighted by molar-refractivity contribution is 6.21. The molecule has 2 unspecified atom stereocenters. The van der Waals surface area contributed by atoms with Gasteiger partial charge in [0.1, 0.15) is 17.8 Å². The van der Waals surface area contributed by atoms with Crippen molar-refractivity contribution in [2.24, 2.45) is 40.2 Å². The minimum absolute atomic E-state index is 0.0670. The zero-order chi connectivity index (χ0) is 34.0. The molecule has 1 aliphatic heterocycles. The number of Topliss-reactive ketones (excluding diaryl/α,β-unsaturated/α-hetero) is 2. The molecule has 244 valence electrons. The van der Waals surface area contributed by atoms with Gasteiger partial charge in [0.15, 0.2) is 17.2 Å². The number of hydrogen-bond donors (Lipinski definition) is 6. The summed E-state index contributed by atoms with van der Waals surface area (Å²) < 4.78 is 0. The second-order valence-corrected chi connectivity index (χ2v) is 14.1. The summed E-state index contributed by atoms with van der Waals surface area (Å²) in [6.45, 7) is 7.61. The molecule has 2 aromatic carbocycles. The molecule has 3 aliphatic carbocycles. The lowest BCUT2D eigenvalue weighted by Crippen LogP contribution is -2.83. The van der Waals surface area contributed by atoms with Crippen molar-refractivity contribution in [3.63, 3.8) is 0 Å². The molecule has 46 heavy (non-hydrogen) atoms. The normalized spacial score (nSPS) is 38.4. The number of primary amides is 1. The van der Waals surface area contributed by atoms with Gasteiger partial charge in [-0.25, -0.2) is 0 Å². The van der Waals surface area contributed by atoms with E-state index in [4.69, 9.17) is 5.73 Å². The van der Waals surface area contributed by atoms with Crippen LogP contribution >= 0.6 is 0 Å². The van der Waals surface area contributed by atoms with E-state index in [1.165, 1.54) is 25.1 Å². The van der Waals surface area contributed by atoms with Crippen LogP contribution in [-0.4, -0.2) is 83.6 Å². The molecule has 12 heteroatoms. The van der Waals surface area contributed by atoms with Crippen LogP contribution in [0.1, 0.15) is 82.7 Å². The molecular formula is C34H38N2O10. The van der Waals surface area contributed by atoms with E-state index in [0.29, 0.717) is 5.56 Å². The first kappa shape index (κ1) is 32.0. The van der Waals surface area contributed by atoms with Crippen molar-refractivity contribution in [2.45, 2.75) is 71.0 Å². The van der Waals surface area contributed by atoms with E-state index in [1.807, 2.05) is 0 Å². The van der Waals surface area contributed by atoms with E-state index >= 15 is 0 Å². The van der Waals surface area contributed by atoms with E-state index < -0.39 is 99.4 Å². The number of phenolic OH excluding ortho intramolecular Hbond substituents is 1. The Morgan fingerprint density at radius 1 is 0.978 bits per heavy atom. The van der Waals surface area contributed by atoms with Crippen molar-refractivity contribution < 1.29 is 49.5 Å². The quantitative estimate of drug-likeness (QED) is 0.206. The Morgan fingerprint density at radius 3 is 2.07 bits per heavy atom. The van der Waals surface area contributed by atoms with Crippen molar-refractivity contribution >= 4 is 29.3 Å². The molecule has 6 rings (SSSR count). The van der Waals surface area contributed by atoms with E-state index in [1.54, 1.807) is 45.9 Å². The lowest BCUT2D eigenvalue weighted by Gasteiger charge is -2.69. The van der Waals surface area contributed by atoms with Gasteiger partial charge in [-0.3, -0.25) is 28.9 Å². The number of aliphatic hydroxyl groups excluding tert-OH is 3. The summed E-state index contributed by atoms with van der Waals surface area (Å²) in [5, 5.41) is 59.5. The van der Waals surface area contributed by atoms with E-state index in [0.717, 1.165) is 4.90 Å². The Kier molecular flexibility index (Phi) is 6.96. The number of aliphatic hydroxyl groups is 4. The van der Waals surface area contributed by atoms with Gasteiger partial charge in [-0.2, -0.15) is 0 Å². The second-order valence-electron chi connectivity index (χ2n) is 14.1. The number of fused-ring (bicyclic) bond motifs is 4. The number of imide groups is 1. The zero-order valence-electron chi connectivity index (χ0n) is 26.1. The molecule has 7 N–H and O–H groups in total. The Morgan fingerprint density at radius 2 is 1.54 bits per heavy atom. The summed E-state index contributed by atoms with van der Waals surface area (Å²) in [5.74, 6) is -11.1. The fourth-order valence-corrected chi connectivity index (χ4v) is 9.48. The van der Waals surface area contributed by atoms with Crippen LogP contribution in [0.2, 0.25) is 0 Å². The van der Waals surface area contributed by atoms with Crippen LogP contribution in [0.3, 0.4) is 0 Å². The van der Waals surface area contributed by atoms with Crippen molar-refractivity contribution in [1.29, 1.82) is 0 Å². The number of phenols is 1. The van der Waals surface area contributed by atoms with Gasteiger partial charge in [0, 0.05) is 16.4 Å². The monoisotopic (exact) mass is 634 g/mol. The van der Waals surface area contributed by atoms with Crippen molar-refractivity contribution in [2.75, 3.05) is 0 Å². The maximum Gasteiger partial charge on any atom is 0.261 e. The van der Waals surface area contributed by atoms with E-state index in [9.17, 15) is 49.5 Å². The first-order valence-electron chi connectivity index (χ1n) is 15.3. The van der Waals surface area contributed by atoms with Crippen LogP contribution in [0.15, 0.2) is 36.4 Å². The standard InChI is InChI=1S/C34H38N2O10/c1-13(2)21-25(39)20(28(35)42)26(40)34(46)27(41)22-24(38)19-16(14(3)32(22,4)31(45)33(21,34)5)11-10-15(23(19)37)12-36-29(43)17-8-6-7-9-18(17)30(36)44/h6-11,13-14,20-22,25,27,31,37,39,41,45-46H,12H2,1-5H3,(H2,35,42)/t14-,20-,21+,22-,25?,27?,31-,32+,33+,34+/m1/s1. The van der Waals surface area contributed by atoms with E-state index in [2.05, 4.69) is 0 Å². The number of aromatic hydroxyl groups is 1. The molecule has 10 atom stereocenters. The summed E-state index contributed by atoms with van der Waals surface area (Å²) in [6.07, 6.45) is -5.56. The number of hydrogen-bond acceptors (Lipinski definition) is 10. The molecule has 12 nitrogen and oxygen atoms in total. The molecule has 4 aliphatic rings. The van der Waals surface area contributed by atoms with Gasteiger partial charge in [-0.15, -0.1) is 0 Å². The van der Waals surface area contributed by atoms with Gasteiger partial charge in [-0.1, -0.05) is 58.9 Å². The number of rotatable bonds is 4. The predicted molar refractivity (Wildman–Crippen MR) is 160 cm³/mol. The number of ketones is 2. The first-order valence-corrected chi connectivity index (χ1v) is 15.3. The average Bonchev–Trinajstić information content (AvgIpc) is 3.23. The van der Waals surface area contributed by atoms with Crippen LogP contribution in [0, 0.1) is 34.5 Å². The lowest BCUT2D eigenvalue weighted by atomic mass is 9.36. The second kappa shape index (κ2) is 10.0. The first-order chi connectivity index (χ1) is 21.4. The number of carbonyl (C=O) groups is 5. The van der Waals surface area contributed by atoms with E-state index in [-0.39, 0.29) is 28.8 Å². The molecule has 0 spiro atoms. The number of carbonyl (C=O) groups excluding carboxylic acids is 5. The Labute approximate surface area is 264 Å². The number of nitrogens with two attached hydrogens (primary N) is 1. The third-order valence-corrected chi connectivity index (χ3v) is 11.9. The van der Waals surface area contributed by atoms with Crippen LogP contribution in [0.4, 0.5) is 0 Å². The highest BCUT2D eigenvalue weighted by Gasteiger charge is 2.80. The van der Waals surface area contributed by atoms with Crippen LogP contribution in [0.25, 0.3) is 0 Å². The minimum Gasteiger partial charge on any atom is -0.507 e. The summed E-state index contributed by atoms with van der Waals surface area (Å²) in [7, 11) is 0.